The summed E-state index contributed by atoms with van der Waals surface area (Å²) in [6, 6.07) is 13.8. The van der Waals surface area contributed by atoms with Gasteiger partial charge in [-0.15, -0.1) is 0 Å². The fourth-order valence-electron chi connectivity index (χ4n) is 3.09. The van der Waals surface area contributed by atoms with Crippen LogP contribution in [0.15, 0.2) is 55.0 Å². The van der Waals surface area contributed by atoms with Gasteiger partial charge < -0.3 is 24.5 Å². The molecule has 0 aliphatic carbocycles. The molecule has 4 rings (SSSR count). The van der Waals surface area contributed by atoms with Crippen LogP contribution in [0.2, 0.25) is 0 Å². The van der Waals surface area contributed by atoms with Crippen LogP contribution in [0.1, 0.15) is 0 Å². The maximum atomic E-state index is 5.40. The lowest BCUT2D eigenvalue weighted by atomic mass is 10.1. The van der Waals surface area contributed by atoms with Gasteiger partial charge in [-0.05, 0) is 17.5 Å². The zero-order valence-corrected chi connectivity index (χ0v) is 15.8. The van der Waals surface area contributed by atoms with Gasteiger partial charge in [0, 0.05) is 41.2 Å². The van der Waals surface area contributed by atoms with Gasteiger partial charge >= 0.3 is 0 Å². The molecule has 0 aliphatic rings. The molecule has 0 saturated heterocycles. The van der Waals surface area contributed by atoms with E-state index >= 15 is 0 Å². The first kappa shape index (κ1) is 17.7. The predicted molar refractivity (Wildman–Crippen MR) is 109 cm³/mol. The molecule has 0 unspecified atom stereocenters. The molecule has 0 spiro atoms. The molecule has 2 heterocycles. The molecule has 0 amide bonds. The van der Waals surface area contributed by atoms with E-state index in [9.17, 15) is 0 Å². The number of benzene rings is 2. The number of anilines is 2. The molecule has 2 aromatic carbocycles. The topological polar surface area (TPSA) is 81.3 Å². The number of aromatic nitrogens is 3. The Balaban J connectivity index is 1.66. The second kappa shape index (κ2) is 7.48. The average molecular weight is 376 g/mol. The van der Waals surface area contributed by atoms with Crippen molar-refractivity contribution in [2.75, 3.05) is 26.6 Å². The predicted octanol–water partition coefficient (Wildman–Crippen LogP) is 4.39. The van der Waals surface area contributed by atoms with Crippen LogP contribution >= 0.6 is 0 Å². The third kappa shape index (κ3) is 3.29. The molecule has 2 aromatic heterocycles. The van der Waals surface area contributed by atoms with Crippen molar-refractivity contribution in [2.24, 2.45) is 0 Å². The van der Waals surface area contributed by atoms with Crippen molar-refractivity contribution in [1.29, 1.82) is 0 Å². The van der Waals surface area contributed by atoms with Crippen molar-refractivity contribution in [3.8, 4) is 28.5 Å². The highest BCUT2D eigenvalue weighted by molar-refractivity contribution is 5.84. The van der Waals surface area contributed by atoms with E-state index in [1.165, 1.54) is 6.33 Å². The first-order valence-electron chi connectivity index (χ1n) is 8.68. The van der Waals surface area contributed by atoms with Crippen LogP contribution in [0, 0.1) is 0 Å². The van der Waals surface area contributed by atoms with Gasteiger partial charge in [0.05, 0.1) is 27.0 Å². The minimum atomic E-state index is 0.540. The summed E-state index contributed by atoms with van der Waals surface area (Å²) >= 11 is 0. The minimum Gasteiger partial charge on any atom is -0.493 e. The second-order valence-corrected chi connectivity index (χ2v) is 6.11. The quantitative estimate of drug-likeness (QED) is 0.519. The Morgan fingerprint density at radius 1 is 0.857 bits per heavy atom. The Labute approximate surface area is 162 Å². The molecule has 7 heteroatoms. The highest BCUT2D eigenvalue weighted by Gasteiger charge is 2.14. The molecular formula is C21H20N4O3. The Kier molecular flexibility index (Phi) is 4.72. The van der Waals surface area contributed by atoms with Crippen LogP contribution in [0.4, 0.5) is 11.5 Å². The van der Waals surface area contributed by atoms with Crippen LogP contribution in [0.3, 0.4) is 0 Å². The zero-order valence-electron chi connectivity index (χ0n) is 15.8. The summed E-state index contributed by atoms with van der Waals surface area (Å²) in [5, 5.41) is 4.43. The number of rotatable bonds is 6. The van der Waals surface area contributed by atoms with Gasteiger partial charge in [-0.25, -0.2) is 9.97 Å². The summed E-state index contributed by atoms with van der Waals surface area (Å²) in [4.78, 5) is 11.9. The average Bonchev–Trinajstić information content (AvgIpc) is 3.21. The minimum absolute atomic E-state index is 0.540. The molecule has 0 fully saturated rings. The third-order valence-corrected chi connectivity index (χ3v) is 4.46. The Morgan fingerprint density at radius 2 is 1.64 bits per heavy atom. The largest absolute Gasteiger partial charge is 0.493 e. The van der Waals surface area contributed by atoms with Crippen molar-refractivity contribution >= 4 is 22.4 Å². The first-order valence-corrected chi connectivity index (χ1v) is 8.68. The van der Waals surface area contributed by atoms with Crippen LogP contribution in [-0.2, 0) is 0 Å². The van der Waals surface area contributed by atoms with E-state index in [4.69, 9.17) is 14.2 Å². The summed E-state index contributed by atoms with van der Waals surface area (Å²) in [6.07, 6.45) is 3.46. The molecule has 2 N–H and O–H groups in total. The molecule has 4 aromatic rings. The van der Waals surface area contributed by atoms with E-state index in [0.717, 1.165) is 27.8 Å². The molecule has 0 saturated carbocycles. The monoisotopic (exact) mass is 376 g/mol. The number of ether oxygens (including phenoxy) is 3. The number of fused-ring (bicyclic) bond motifs is 1. The Morgan fingerprint density at radius 3 is 2.36 bits per heavy atom. The van der Waals surface area contributed by atoms with E-state index in [2.05, 4.69) is 32.4 Å². The summed E-state index contributed by atoms with van der Waals surface area (Å²) in [5.41, 5.74) is 3.65. The smallest absolute Gasteiger partial charge is 0.203 e. The Hall–Kier alpha value is -3.74. The van der Waals surface area contributed by atoms with Gasteiger partial charge in [-0.1, -0.05) is 12.1 Å². The van der Waals surface area contributed by atoms with Crippen molar-refractivity contribution in [2.45, 2.75) is 0 Å². The van der Waals surface area contributed by atoms with Crippen molar-refractivity contribution in [1.82, 2.24) is 15.0 Å². The Bertz CT molecular complexity index is 1100. The van der Waals surface area contributed by atoms with Crippen molar-refractivity contribution in [3.63, 3.8) is 0 Å². The van der Waals surface area contributed by atoms with Gasteiger partial charge in [0.15, 0.2) is 11.5 Å². The number of hydrogen-bond donors (Lipinski definition) is 2. The van der Waals surface area contributed by atoms with Crippen LogP contribution < -0.4 is 19.5 Å². The summed E-state index contributed by atoms with van der Waals surface area (Å²) in [5.74, 6) is 2.33. The fourth-order valence-corrected chi connectivity index (χ4v) is 3.09. The number of methoxy groups -OCH3 is 3. The lowest BCUT2D eigenvalue weighted by Gasteiger charge is -2.15. The number of nitrogens with zero attached hydrogens (tertiary/aromatic N) is 2. The molecule has 0 bridgehead atoms. The molecule has 0 aliphatic heterocycles. The van der Waals surface area contributed by atoms with E-state index in [1.807, 2.05) is 36.5 Å². The van der Waals surface area contributed by atoms with Crippen LogP contribution in [0.5, 0.6) is 17.2 Å². The second-order valence-electron chi connectivity index (χ2n) is 6.11. The molecule has 142 valence electrons. The van der Waals surface area contributed by atoms with E-state index < -0.39 is 0 Å². The number of hydrogen-bond acceptors (Lipinski definition) is 6. The van der Waals surface area contributed by atoms with Crippen molar-refractivity contribution in [3.05, 3.63) is 55.0 Å². The number of H-pyrrole nitrogens is 1. The van der Waals surface area contributed by atoms with Gasteiger partial charge in [0.2, 0.25) is 5.75 Å². The summed E-state index contributed by atoms with van der Waals surface area (Å²) < 4.78 is 16.2. The lowest BCUT2D eigenvalue weighted by molar-refractivity contribution is 0.324. The zero-order chi connectivity index (χ0) is 19.5. The SMILES string of the molecule is COc1cc(Nc2cc(-c3ccc4cc[nH]c4c3)ncn2)cc(OC)c1OC. The van der Waals surface area contributed by atoms with Gasteiger partial charge in [-0.3, -0.25) is 0 Å². The number of aromatic amines is 1. The molecule has 28 heavy (non-hydrogen) atoms. The lowest BCUT2D eigenvalue weighted by Crippen LogP contribution is -1.99. The summed E-state index contributed by atoms with van der Waals surface area (Å²) in [7, 11) is 4.74. The van der Waals surface area contributed by atoms with Gasteiger partial charge in [-0.2, -0.15) is 0 Å². The summed E-state index contributed by atoms with van der Waals surface area (Å²) in [6.45, 7) is 0. The highest BCUT2D eigenvalue weighted by atomic mass is 16.5. The fraction of sp³-hybridized carbons (Fsp3) is 0.143. The standard InChI is InChI=1S/C21H20N4O3/c1-26-18-9-15(10-19(27-2)21(18)28-3)25-20-11-17(23-12-24-20)14-5-4-13-6-7-22-16(13)8-14/h4-12,22H,1-3H3,(H,23,24,25). The van der Waals surface area contributed by atoms with Crippen LogP contribution in [-0.4, -0.2) is 36.3 Å². The highest BCUT2D eigenvalue weighted by Crippen LogP contribution is 2.40. The molecular weight excluding hydrogens is 356 g/mol. The van der Waals surface area contributed by atoms with Crippen molar-refractivity contribution < 1.29 is 14.2 Å². The normalized spacial score (nSPS) is 10.7. The molecule has 7 nitrogen and oxygen atoms in total. The van der Waals surface area contributed by atoms with E-state index in [-0.39, 0.29) is 0 Å². The van der Waals surface area contributed by atoms with Crippen LogP contribution in [0.25, 0.3) is 22.2 Å². The first-order chi connectivity index (χ1) is 13.7. The van der Waals surface area contributed by atoms with E-state index in [1.54, 1.807) is 21.3 Å². The number of nitrogens with one attached hydrogen (secondary N) is 2. The maximum absolute atomic E-state index is 5.40. The molecule has 0 atom stereocenters. The van der Waals surface area contributed by atoms with E-state index in [0.29, 0.717) is 23.1 Å². The third-order valence-electron chi connectivity index (χ3n) is 4.46. The van der Waals surface area contributed by atoms with Gasteiger partial charge in [0.25, 0.3) is 0 Å². The van der Waals surface area contributed by atoms with Gasteiger partial charge in [0.1, 0.15) is 12.1 Å². The maximum Gasteiger partial charge on any atom is 0.203 e. The molecule has 0 radical (unpaired) electrons.